The SMILES string of the molecule is CCO[NH-].[Na+]. The van der Waals surface area contributed by atoms with Gasteiger partial charge < -0.3 is 10.7 Å². The predicted octanol–water partition coefficient (Wildman–Crippen LogP) is -2.01. The molecular formula is C2H6NNaO. The first-order chi connectivity index (χ1) is 1.91. The standard InChI is InChI=1S/C2H6NO.Na/c1-2-4-3;/h3H,2H2,1H3;/q-1;+1. The van der Waals surface area contributed by atoms with Crippen LogP contribution in [-0.4, -0.2) is 6.61 Å². The first kappa shape index (κ1) is 9.33. The summed E-state index contributed by atoms with van der Waals surface area (Å²) < 4.78 is 0. The second kappa shape index (κ2) is 8.87. The molecule has 0 bridgehead atoms. The minimum atomic E-state index is 0. The topological polar surface area (TPSA) is 33.0 Å². The first-order valence-corrected chi connectivity index (χ1v) is 1.20. The summed E-state index contributed by atoms with van der Waals surface area (Å²) >= 11 is 0. The van der Waals surface area contributed by atoms with Gasteiger partial charge in [-0.05, 0) is 6.92 Å². The van der Waals surface area contributed by atoms with Gasteiger partial charge in [0.25, 0.3) is 0 Å². The molecule has 0 aliphatic heterocycles. The van der Waals surface area contributed by atoms with E-state index in [-0.39, 0.29) is 29.6 Å². The van der Waals surface area contributed by atoms with E-state index in [4.69, 9.17) is 5.90 Å². The Morgan fingerprint density at radius 2 is 2.00 bits per heavy atom. The summed E-state index contributed by atoms with van der Waals surface area (Å²) in [5, 5.41) is 0. The average Bonchev–Trinajstić information content (AvgIpc) is 1.37. The maximum Gasteiger partial charge on any atom is 1.00 e. The van der Waals surface area contributed by atoms with Crippen molar-refractivity contribution < 1.29 is 34.4 Å². The number of hydrogen-bond donors (Lipinski definition) is 0. The van der Waals surface area contributed by atoms with Crippen LogP contribution in [0, 0.1) is 0 Å². The number of hydrogen-bond acceptors (Lipinski definition) is 1. The molecular weight excluding hydrogens is 77.0 g/mol. The second-order valence-corrected chi connectivity index (χ2v) is 0.433. The Hall–Kier alpha value is 0.920. The Balaban J connectivity index is 0. The molecule has 1 N–H and O–H groups in total. The van der Waals surface area contributed by atoms with Crippen LogP contribution in [0.5, 0.6) is 0 Å². The van der Waals surface area contributed by atoms with E-state index >= 15 is 0 Å². The van der Waals surface area contributed by atoms with Crippen molar-refractivity contribution in [3.05, 3.63) is 5.90 Å². The van der Waals surface area contributed by atoms with Crippen LogP contribution >= 0.6 is 0 Å². The molecule has 2 nitrogen and oxygen atoms in total. The van der Waals surface area contributed by atoms with Crippen LogP contribution in [0.25, 0.3) is 5.90 Å². The molecule has 5 heavy (non-hydrogen) atoms. The molecule has 0 radical (unpaired) electrons. The Morgan fingerprint density at radius 3 is 2.00 bits per heavy atom. The average molecular weight is 83.1 g/mol. The predicted molar refractivity (Wildman–Crippen MR) is 15.9 cm³/mol. The maximum atomic E-state index is 5.95. The molecule has 0 amide bonds. The van der Waals surface area contributed by atoms with Crippen molar-refractivity contribution in [1.29, 1.82) is 0 Å². The van der Waals surface area contributed by atoms with Gasteiger partial charge in [0.05, 0.1) is 0 Å². The minimum Gasteiger partial charge on any atom is -0.550 e. The van der Waals surface area contributed by atoms with E-state index in [1.54, 1.807) is 6.92 Å². The largest absolute Gasteiger partial charge is 1.00 e. The van der Waals surface area contributed by atoms with E-state index in [9.17, 15) is 0 Å². The molecule has 0 aliphatic carbocycles. The molecule has 0 spiro atoms. The molecule has 3 heteroatoms. The third-order valence-corrected chi connectivity index (χ3v) is 0.144. The summed E-state index contributed by atoms with van der Waals surface area (Å²) in [4.78, 5) is 3.79. The first-order valence-electron chi connectivity index (χ1n) is 1.20. The van der Waals surface area contributed by atoms with Gasteiger partial charge >= 0.3 is 29.6 Å². The summed E-state index contributed by atoms with van der Waals surface area (Å²) in [5.41, 5.74) is 0. The number of nitrogens with one attached hydrogen (secondary N) is 1. The van der Waals surface area contributed by atoms with Gasteiger partial charge in [-0.2, -0.15) is 0 Å². The van der Waals surface area contributed by atoms with E-state index < -0.39 is 0 Å². The molecule has 0 saturated carbocycles. The smallest absolute Gasteiger partial charge is 0.550 e. The number of rotatable bonds is 1. The van der Waals surface area contributed by atoms with Crippen molar-refractivity contribution in [3.63, 3.8) is 0 Å². The van der Waals surface area contributed by atoms with Gasteiger partial charge in [-0.3, -0.25) is 0 Å². The summed E-state index contributed by atoms with van der Waals surface area (Å²) in [5.74, 6) is 5.95. The van der Waals surface area contributed by atoms with Crippen molar-refractivity contribution in [3.8, 4) is 0 Å². The minimum absolute atomic E-state index is 0. The zero-order chi connectivity index (χ0) is 3.41. The van der Waals surface area contributed by atoms with E-state index in [2.05, 4.69) is 4.84 Å². The van der Waals surface area contributed by atoms with E-state index in [1.807, 2.05) is 0 Å². The van der Waals surface area contributed by atoms with Gasteiger partial charge in [0, 0.05) is 6.61 Å². The summed E-state index contributed by atoms with van der Waals surface area (Å²) in [6.45, 7) is 2.26. The molecule has 0 heterocycles. The summed E-state index contributed by atoms with van der Waals surface area (Å²) in [6, 6.07) is 0. The van der Waals surface area contributed by atoms with Crippen LogP contribution in [-0.2, 0) is 4.84 Å². The molecule has 0 aromatic rings. The molecule has 0 rings (SSSR count). The quantitative estimate of drug-likeness (QED) is 0.266. The van der Waals surface area contributed by atoms with Gasteiger partial charge in [-0.25, -0.2) is 0 Å². The molecule has 0 aromatic carbocycles. The van der Waals surface area contributed by atoms with Crippen LogP contribution < -0.4 is 29.6 Å². The van der Waals surface area contributed by atoms with Gasteiger partial charge in [0.2, 0.25) is 0 Å². The van der Waals surface area contributed by atoms with Crippen molar-refractivity contribution in [2.24, 2.45) is 0 Å². The Kier molecular flexibility index (Phi) is 16.5. The molecule has 0 unspecified atom stereocenters. The Labute approximate surface area is 53.9 Å². The third kappa shape index (κ3) is 11.4. The van der Waals surface area contributed by atoms with E-state index in [0.29, 0.717) is 6.61 Å². The monoisotopic (exact) mass is 83.0 g/mol. The normalized spacial score (nSPS) is 6.00. The Bertz CT molecular complexity index is 11.6. The fourth-order valence-electron chi connectivity index (χ4n) is 0. The summed E-state index contributed by atoms with van der Waals surface area (Å²) in [6.07, 6.45) is 0. The van der Waals surface area contributed by atoms with Crippen LogP contribution in [0.4, 0.5) is 0 Å². The van der Waals surface area contributed by atoms with Gasteiger partial charge in [-0.1, -0.05) is 0 Å². The third-order valence-electron chi connectivity index (χ3n) is 0.144. The van der Waals surface area contributed by atoms with Crippen LogP contribution in [0.1, 0.15) is 6.92 Å². The molecule has 26 valence electrons. The van der Waals surface area contributed by atoms with Gasteiger partial charge in [0.15, 0.2) is 0 Å². The van der Waals surface area contributed by atoms with Crippen LogP contribution in [0.3, 0.4) is 0 Å². The summed E-state index contributed by atoms with van der Waals surface area (Å²) in [7, 11) is 0. The van der Waals surface area contributed by atoms with Crippen molar-refractivity contribution in [1.82, 2.24) is 0 Å². The van der Waals surface area contributed by atoms with Crippen molar-refractivity contribution >= 4 is 0 Å². The van der Waals surface area contributed by atoms with E-state index in [1.165, 1.54) is 0 Å². The molecule has 0 aliphatic rings. The van der Waals surface area contributed by atoms with Crippen LogP contribution in [0.2, 0.25) is 0 Å². The zero-order valence-corrected chi connectivity index (χ0v) is 5.62. The van der Waals surface area contributed by atoms with Gasteiger partial charge in [0.1, 0.15) is 0 Å². The fourth-order valence-corrected chi connectivity index (χ4v) is 0. The molecule has 0 atom stereocenters. The molecule has 0 fully saturated rings. The van der Waals surface area contributed by atoms with E-state index in [0.717, 1.165) is 0 Å². The maximum absolute atomic E-state index is 5.95. The Morgan fingerprint density at radius 1 is 1.80 bits per heavy atom. The molecule has 0 saturated heterocycles. The fraction of sp³-hybridized carbons (Fsp3) is 1.00. The van der Waals surface area contributed by atoms with Crippen molar-refractivity contribution in [2.45, 2.75) is 6.92 Å². The van der Waals surface area contributed by atoms with Crippen molar-refractivity contribution in [2.75, 3.05) is 6.61 Å². The van der Waals surface area contributed by atoms with Crippen LogP contribution in [0.15, 0.2) is 0 Å². The second-order valence-electron chi connectivity index (χ2n) is 0.433. The zero-order valence-electron chi connectivity index (χ0n) is 3.62. The molecule has 0 aromatic heterocycles. The van der Waals surface area contributed by atoms with Gasteiger partial charge in [-0.15, -0.1) is 0 Å².